The molecule has 0 fully saturated rings. The molecule has 174 valence electrons. The highest BCUT2D eigenvalue weighted by molar-refractivity contribution is 6.06. The fourth-order valence-corrected chi connectivity index (χ4v) is 3.72. The van der Waals surface area contributed by atoms with Crippen molar-refractivity contribution in [1.29, 1.82) is 0 Å². The summed E-state index contributed by atoms with van der Waals surface area (Å²) in [6.45, 7) is 6.06. The molecule has 0 unspecified atom stereocenters. The van der Waals surface area contributed by atoms with E-state index in [2.05, 4.69) is 35.9 Å². The third kappa shape index (κ3) is 4.70. The Bertz CT molecular complexity index is 1510. The molecule has 0 saturated carbocycles. The molecular weight excluding hydrogens is 440 g/mol. The fourth-order valence-electron chi connectivity index (χ4n) is 3.72. The van der Waals surface area contributed by atoms with E-state index in [4.69, 9.17) is 0 Å². The summed E-state index contributed by atoms with van der Waals surface area (Å²) in [6, 6.07) is 16.9. The van der Waals surface area contributed by atoms with Crippen molar-refractivity contribution in [2.45, 2.75) is 26.8 Å². The Hall–Kier alpha value is -4.66. The number of rotatable bonds is 6. The predicted molar refractivity (Wildman–Crippen MR) is 136 cm³/mol. The SMILES string of the molecule is Cc1ccc(NC(=O)c2ccc3c(c2)nnn3C(C)C)cc1Nc1nccc(-c2cccnc2)n1. The van der Waals surface area contributed by atoms with Crippen LogP contribution in [0.5, 0.6) is 0 Å². The van der Waals surface area contributed by atoms with Crippen molar-refractivity contribution in [1.82, 2.24) is 29.9 Å². The van der Waals surface area contributed by atoms with Gasteiger partial charge >= 0.3 is 0 Å². The number of pyridine rings is 1. The van der Waals surface area contributed by atoms with Crippen LogP contribution in [-0.4, -0.2) is 35.9 Å². The van der Waals surface area contributed by atoms with Crippen molar-refractivity contribution in [3.05, 3.63) is 84.3 Å². The molecule has 0 aliphatic rings. The summed E-state index contributed by atoms with van der Waals surface area (Å²) in [5, 5.41) is 14.6. The summed E-state index contributed by atoms with van der Waals surface area (Å²) in [5.41, 5.74) is 6.19. The number of nitrogens with one attached hydrogen (secondary N) is 2. The Kier molecular flexibility index (Phi) is 5.88. The number of aryl methyl sites for hydroxylation is 1. The lowest BCUT2D eigenvalue weighted by atomic mass is 10.1. The maximum Gasteiger partial charge on any atom is 0.255 e. The molecule has 3 heterocycles. The molecule has 5 rings (SSSR count). The van der Waals surface area contributed by atoms with E-state index in [-0.39, 0.29) is 11.9 Å². The van der Waals surface area contributed by atoms with Crippen LogP contribution < -0.4 is 10.6 Å². The third-order valence-electron chi connectivity index (χ3n) is 5.58. The third-order valence-corrected chi connectivity index (χ3v) is 5.58. The van der Waals surface area contributed by atoms with Gasteiger partial charge < -0.3 is 10.6 Å². The average Bonchev–Trinajstić information content (AvgIpc) is 3.30. The molecule has 0 bridgehead atoms. The molecule has 3 aromatic heterocycles. The van der Waals surface area contributed by atoms with E-state index < -0.39 is 0 Å². The first-order valence-corrected chi connectivity index (χ1v) is 11.3. The van der Waals surface area contributed by atoms with E-state index in [1.54, 1.807) is 30.7 Å². The molecule has 2 N–H and O–H groups in total. The highest BCUT2D eigenvalue weighted by atomic mass is 16.1. The minimum atomic E-state index is -0.226. The lowest BCUT2D eigenvalue weighted by Gasteiger charge is -2.12. The number of hydrogen-bond donors (Lipinski definition) is 2. The van der Waals surface area contributed by atoms with Gasteiger partial charge in [-0.1, -0.05) is 11.3 Å². The molecule has 9 heteroatoms. The van der Waals surface area contributed by atoms with Gasteiger partial charge in [-0.3, -0.25) is 9.78 Å². The van der Waals surface area contributed by atoms with Gasteiger partial charge in [0.05, 0.1) is 11.2 Å². The van der Waals surface area contributed by atoms with Gasteiger partial charge in [-0.05, 0) is 74.9 Å². The van der Waals surface area contributed by atoms with E-state index in [0.717, 1.165) is 28.0 Å². The van der Waals surface area contributed by atoms with Gasteiger partial charge in [0.1, 0.15) is 5.52 Å². The zero-order chi connectivity index (χ0) is 24.4. The van der Waals surface area contributed by atoms with Crippen molar-refractivity contribution >= 4 is 34.3 Å². The summed E-state index contributed by atoms with van der Waals surface area (Å²) in [4.78, 5) is 26.0. The Morgan fingerprint density at radius 1 is 1.03 bits per heavy atom. The van der Waals surface area contributed by atoms with Crippen LogP contribution >= 0.6 is 0 Å². The van der Waals surface area contributed by atoms with Crippen molar-refractivity contribution in [2.75, 3.05) is 10.6 Å². The van der Waals surface area contributed by atoms with E-state index >= 15 is 0 Å². The van der Waals surface area contributed by atoms with E-state index in [1.165, 1.54) is 0 Å². The average molecular weight is 465 g/mol. The van der Waals surface area contributed by atoms with Crippen LogP contribution in [0.25, 0.3) is 22.3 Å². The maximum atomic E-state index is 12.9. The first-order valence-electron chi connectivity index (χ1n) is 11.3. The number of amides is 1. The molecule has 0 radical (unpaired) electrons. The summed E-state index contributed by atoms with van der Waals surface area (Å²) in [5.74, 6) is 0.229. The van der Waals surface area contributed by atoms with Gasteiger partial charge in [0.15, 0.2) is 0 Å². The summed E-state index contributed by atoms with van der Waals surface area (Å²) < 4.78 is 1.83. The first kappa shape index (κ1) is 22.1. The highest BCUT2D eigenvalue weighted by Gasteiger charge is 2.13. The van der Waals surface area contributed by atoms with Crippen LogP contribution in [0, 0.1) is 6.92 Å². The molecule has 9 nitrogen and oxygen atoms in total. The molecular formula is C26H24N8O. The Morgan fingerprint density at radius 3 is 2.71 bits per heavy atom. The summed E-state index contributed by atoms with van der Waals surface area (Å²) >= 11 is 0. The van der Waals surface area contributed by atoms with Crippen molar-refractivity contribution in [3.63, 3.8) is 0 Å². The second-order valence-corrected chi connectivity index (χ2v) is 8.45. The summed E-state index contributed by atoms with van der Waals surface area (Å²) in [7, 11) is 0. The van der Waals surface area contributed by atoms with Crippen molar-refractivity contribution in [2.24, 2.45) is 0 Å². The van der Waals surface area contributed by atoms with Crippen LogP contribution in [0.2, 0.25) is 0 Å². The van der Waals surface area contributed by atoms with Crippen LogP contribution in [0.3, 0.4) is 0 Å². The number of carbonyl (C=O) groups is 1. The molecule has 0 aliphatic carbocycles. The highest BCUT2D eigenvalue weighted by Crippen LogP contribution is 2.25. The van der Waals surface area contributed by atoms with E-state index in [9.17, 15) is 4.79 Å². The van der Waals surface area contributed by atoms with Crippen LogP contribution in [0.4, 0.5) is 17.3 Å². The Morgan fingerprint density at radius 2 is 1.91 bits per heavy atom. The Labute approximate surface area is 202 Å². The van der Waals surface area contributed by atoms with Gasteiger partial charge in [0, 0.05) is 47.1 Å². The maximum absolute atomic E-state index is 12.9. The van der Waals surface area contributed by atoms with Gasteiger partial charge in [-0.2, -0.15) is 0 Å². The number of fused-ring (bicyclic) bond motifs is 1. The zero-order valence-electron chi connectivity index (χ0n) is 19.6. The topological polar surface area (TPSA) is 111 Å². The molecule has 35 heavy (non-hydrogen) atoms. The number of hydrogen-bond acceptors (Lipinski definition) is 7. The van der Waals surface area contributed by atoms with Gasteiger partial charge in [-0.25, -0.2) is 14.6 Å². The number of carbonyl (C=O) groups excluding carboxylic acids is 1. The second-order valence-electron chi connectivity index (χ2n) is 8.45. The smallest absolute Gasteiger partial charge is 0.255 e. The number of nitrogens with zero attached hydrogens (tertiary/aromatic N) is 6. The number of aromatic nitrogens is 6. The van der Waals surface area contributed by atoms with Gasteiger partial charge in [0.2, 0.25) is 5.95 Å². The molecule has 0 aliphatic heterocycles. The molecule has 0 saturated heterocycles. The monoisotopic (exact) mass is 464 g/mol. The number of benzene rings is 2. The fraction of sp³-hybridized carbons (Fsp3) is 0.154. The Balaban J connectivity index is 1.35. The van der Waals surface area contributed by atoms with Crippen LogP contribution in [0.15, 0.2) is 73.2 Å². The lowest BCUT2D eigenvalue weighted by molar-refractivity contribution is 0.102. The molecule has 5 aromatic rings. The lowest BCUT2D eigenvalue weighted by Crippen LogP contribution is -2.12. The van der Waals surface area contributed by atoms with Gasteiger partial charge in [0.25, 0.3) is 5.91 Å². The quantitative estimate of drug-likeness (QED) is 0.357. The standard InChI is InChI=1S/C26H24N8O/c1-16(2)34-24-9-7-18(13-23(24)32-33-34)25(35)29-20-8-6-17(3)22(14-20)31-26-28-12-10-21(30-26)19-5-4-11-27-15-19/h4-16H,1-3H3,(H,29,35)(H,28,30,31). The molecule has 0 spiro atoms. The molecule has 0 atom stereocenters. The van der Waals surface area contributed by atoms with Crippen LogP contribution in [0.1, 0.15) is 35.8 Å². The second kappa shape index (κ2) is 9.30. The number of anilines is 3. The minimum Gasteiger partial charge on any atom is -0.324 e. The van der Waals surface area contributed by atoms with Gasteiger partial charge in [-0.15, -0.1) is 5.10 Å². The van der Waals surface area contributed by atoms with E-state index in [0.29, 0.717) is 22.7 Å². The normalized spacial score (nSPS) is 11.1. The van der Waals surface area contributed by atoms with Crippen molar-refractivity contribution in [3.8, 4) is 11.3 Å². The molecule has 2 aromatic carbocycles. The molecule has 1 amide bonds. The largest absolute Gasteiger partial charge is 0.324 e. The van der Waals surface area contributed by atoms with Crippen molar-refractivity contribution < 1.29 is 4.79 Å². The van der Waals surface area contributed by atoms with Crippen LogP contribution in [-0.2, 0) is 0 Å². The minimum absolute atomic E-state index is 0.187. The first-order chi connectivity index (χ1) is 17.0. The predicted octanol–water partition coefficient (Wildman–Crippen LogP) is 5.17. The zero-order valence-corrected chi connectivity index (χ0v) is 19.6. The summed E-state index contributed by atoms with van der Waals surface area (Å²) in [6.07, 6.45) is 5.18. The van der Waals surface area contributed by atoms with E-state index in [1.807, 2.05) is 67.9 Å².